The lowest BCUT2D eigenvalue weighted by atomic mass is 9.31. The van der Waals surface area contributed by atoms with Crippen LogP contribution in [-0.2, 0) is 9.59 Å². The molecule has 5 aliphatic carbocycles. The van der Waals surface area contributed by atoms with Crippen LogP contribution in [-0.4, -0.2) is 28.7 Å². The molecule has 0 aromatic carbocycles. The summed E-state index contributed by atoms with van der Waals surface area (Å²) in [6, 6.07) is 2.21. The Labute approximate surface area is 228 Å². The summed E-state index contributed by atoms with van der Waals surface area (Å²) < 4.78 is 0. The smallest absolute Gasteiger partial charge is 0.178 e. The molecular weight excluding hydrogens is 482 g/mol. The van der Waals surface area contributed by atoms with E-state index in [0.717, 1.165) is 44.9 Å². The van der Waals surface area contributed by atoms with Gasteiger partial charge in [-0.3, -0.25) is 9.59 Å². The molecule has 0 bridgehead atoms. The standard InChI is InChI=1S/C32H46ClNO3/c1-27(2)10-12-32(24(36)17-33)13-11-31(7)25(20(32)16-27)21(35)14-23-29(5)15-19(18-34)26(37)28(3,4)22(29)8-9-30(23,31)6/h15,20,22-25,36H,8-14,16-17H2,1-7H3/t20-,22+,23-,24?,25?,29+,30-,31-,32+/m1/s1. The summed E-state index contributed by atoms with van der Waals surface area (Å²) in [7, 11) is 0. The number of rotatable bonds is 2. The summed E-state index contributed by atoms with van der Waals surface area (Å²) in [5.74, 6) is 0.761. The summed E-state index contributed by atoms with van der Waals surface area (Å²) in [6.45, 7) is 15.7. The van der Waals surface area contributed by atoms with Gasteiger partial charge in [0.1, 0.15) is 11.9 Å². The largest absolute Gasteiger partial charge is 0.391 e. The zero-order valence-corrected chi connectivity index (χ0v) is 24.7. The van der Waals surface area contributed by atoms with E-state index in [1.165, 1.54) is 0 Å². The first kappa shape index (κ1) is 27.4. The van der Waals surface area contributed by atoms with Gasteiger partial charge in [-0.1, -0.05) is 54.5 Å². The third kappa shape index (κ3) is 3.35. The molecule has 4 nitrogen and oxygen atoms in total. The minimum absolute atomic E-state index is 0.0470. The van der Waals surface area contributed by atoms with Crippen molar-refractivity contribution in [1.82, 2.24) is 0 Å². The zero-order chi connectivity index (χ0) is 27.4. The van der Waals surface area contributed by atoms with Gasteiger partial charge in [0.2, 0.25) is 0 Å². The second kappa shape index (κ2) is 8.17. The van der Waals surface area contributed by atoms with Gasteiger partial charge >= 0.3 is 0 Å². The molecular formula is C32H46ClNO3. The first-order valence-corrected chi connectivity index (χ1v) is 15.0. The molecule has 0 spiro atoms. The Balaban J connectivity index is 1.64. The highest BCUT2D eigenvalue weighted by molar-refractivity contribution is 6.18. The van der Waals surface area contributed by atoms with E-state index >= 15 is 0 Å². The number of fused-ring (bicyclic) bond motifs is 7. The van der Waals surface area contributed by atoms with Gasteiger partial charge in [-0.15, -0.1) is 11.6 Å². The number of alkyl halides is 1. The van der Waals surface area contributed by atoms with Crippen LogP contribution in [0.25, 0.3) is 0 Å². The van der Waals surface area contributed by atoms with Gasteiger partial charge in [-0.05, 0) is 84.4 Å². The van der Waals surface area contributed by atoms with Crippen LogP contribution in [0.15, 0.2) is 11.6 Å². The van der Waals surface area contributed by atoms with Crippen molar-refractivity contribution >= 4 is 23.2 Å². The van der Waals surface area contributed by atoms with Gasteiger partial charge in [0.05, 0.1) is 11.7 Å². The number of halogens is 1. The fraction of sp³-hybridized carbons (Fsp3) is 0.844. The highest BCUT2D eigenvalue weighted by Crippen LogP contribution is 2.76. The Morgan fingerprint density at radius 3 is 2.27 bits per heavy atom. The summed E-state index contributed by atoms with van der Waals surface area (Å²) in [5, 5.41) is 21.2. The van der Waals surface area contributed by atoms with Crippen molar-refractivity contribution in [2.75, 3.05) is 5.88 Å². The van der Waals surface area contributed by atoms with E-state index in [0.29, 0.717) is 12.2 Å². The molecule has 0 aromatic heterocycles. The van der Waals surface area contributed by atoms with Gasteiger partial charge in [-0.25, -0.2) is 0 Å². The summed E-state index contributed by atoms with van der Waals surface area (Å²) in [4.78, 5) is 27.7. The quantitative estimate of drug-likeness (QED) is 0.397. The number of hydrogen-bond donors (Lipinski definition) is 1. The maximum Gasteiger partial charge on any atom is 0.178 e. The van der Waals surface area contributed by atoms with E-state index in [2.05, 4.69) is 40.7 Å². The van der Waals surface area contributed by atoms with Gasteiger partial charge < -0.3 is 5.11 Å². The molecule has 1 N–H and O–H groups in total. The maximum atomic E-state index is 14.5. The van der Waals surface area contributed by atoms with Crippen LogP contribution in [0.4, 0.5) is 0 Å². The Bertz CT molecular complexity index is 1100. The van der Waals surface area contributed by atoms with Crippen molar-refractivity contribution in [3.8, 4) is 6.07 Å². The molecule has 4 fully saturated rings. The van der Waals surface area contributed by atoms with Crippen molar-refractivity contribution < 1.29 is 14.7 Å². The van der Waals surface area contributed by atoms with Crippen molar-refractivity contribution in [2.24, 2.45) is 56.2 Å². The second-order valence-corrected chi connectivity index (χ2v) is 15.9. The number of ketones is 2. The van der Waals surface area contributed by atoms with Gasteiger partial charge in [-0.2, -0.15) is 5.26 Å². The van der Waals surface area contributed by atoms with Crippen molar-refractivity contribution in [2.45, 2.75) is 106 Å². The SMILES string of the molecule is CC1(C)CC[C@]2(C(O)CCl)CC[C@]3(C)C(C(=O)C[C@@H]4[C@@]5(C)C=C(C#N)C(=O)C(C)(C)[C@@H]5CC[C@]43C)[C@H]2C1. The molecule has 37 heavy (non-hydrogen) atoms. The van der Waals surface area contributed by atoms with Crippen molar-refractivity contribution in [3.05, 3.63) is 11.6 Å². The average molecular weight is 528 g/mol. The lowest BCUT2D eigenvalue weighted by molar-refractivity contribution is -0.232. The highest BCUT2D eigenvalue weighted by atomic mass is 35.5. The average Bonchev–Trinajstić information content (AvgIpc) is 2.82. The molecule has 0 saturated heterocycles. The summed E-state index contributed by atoms with van der Waals surface area (Å²) >= 11 is 6.32. The van der Waals surface area contributed by atoms with Crippen LogP contribution in [0.2, 0.25) is 0 Å². The predicted octanol–water partition coefficient (Wildman–Crippen LogP) is 6.89. The Morgan fingerprint density at radius 2 is 1.65 bits per heavy atom. The molecule has 0 heterocycles. The molecule has 0 aliphatic heterocycles. The fourth-order valence-corrected chi connectivity index (χ4v) is 11.4. The van der Waals surface area contributed by atoms with E-state index in [-0.39, 0.29) is 68.0 Å². The molecule has 5 heteroatoms. The zero-order valence-electron chi connectivity index (χ0n) is 23.9. The molecule has 9 atom stereocenters. The van der Waals surface area contributed by atoms with Crippen LogP contribution >= 0.6 is 11.6 Å². The van der Waals surface area contributed by atoms with Gasteiger partial charge in [0.15, 0.2) is 5.78 Å². The third-order valence-electron chi connectivity index (χ3n) is 13.3. The van der Waals surface area contributed by atoms with E-state index in [9.17, 15) is 20.0 Å². The number of nitrogens with zero attached hydrogens (tertiary/aromatic N) is 1. The maximum absolute atomic E-state index is 14.5. The van der Waals surface area contributed by atoms with Crippen molar-refractivity contribution in [3.63, 3.8) is 0 Å². The second-order valence-electron chi connectivity index (χ2n) is 15.6. The van der Waals surface area contributed by atoms with Crippen LogP contribution in [0, 0.1) is 67.5 Å². The van der Waals surface area contributed by atoms with Gasteiger partial charge in [0.25, 0.3) is 0 Å². The molecule has 0 amide bonds. The molecule has 5 aliphatic rings. The Hall–Kier alpha value is -1.18. The number of carbonyl (C=O) groups excluding carboxylic acids is 2. The highest BCUT2D eigenvalue weighted by Gasteiger charge is 2.72. The van der Waals surface area contributed by atoms with Crippen molar-refractivity contribution in [1.29, 1.82) is 5.26 Å². The molecule has 0 radical (unpaired) electrons. The molecule has 2 unspecified atom stereocenters. The molecule has 5 rings (SSSR count). The number of nitriles is 1. The van der Waals surface area contributed by atoms with E-state index in [1.807, 2.05) is 19.9 Å². The summed E-state index contributed by atoms with van der Waals surface area (Å²) in [6.07, 6.45) is 8.57. The normalized spacial score (nSPS) is 48.9. The van der Waals surface area contributed by atoms with Crippen LogP contribution < -0.4 is 0 Å². The van der Waals surface area contributed by atoms with Crippen LogP contribution in [0.1, 0.15) is 99.8 Å². The first-order chi connectivity index (χ1) is 17.0. The monoisotopic (exact) mass is 527 g/mol. The Morgan fingerprint density at radius 1 is 1.00 bits per heavy atom. The Kier molecular flexibility index (Phi) is 6.05. The number of aliphatic hydroxyl groups is 1. The minimum Gasteiger partial charge on any atom is -0.391 e. The first-order valence-electron chi connectivity index (χ1n) is 14.5. The topological polar surface area (TPSA) is 78.2 Å². The fourth-order valence-electron chi connectivity index (χ4n) is 11.1. The third-order valence-corrected chi connectivity index (χ3v) is 13.6. The number of carbonyl (C=O) groups is 2. The van der Waals surface area contributed by atoms with Gasteiger partial charge in [0, 0.05) is 29.0 Å². The van der Waals surface area contributed by atoms with E-state index in [1.54, 1.807) is 0 Å². The number of Topliss-reactive ketones (excluding diaryl/α,β-unsaturated/α-hetero) is 2. The minimum atomic E-state index is -0.615. The van der Waals surface area contributed by atoms with E-state index < -0.39 is 11.5 Å². The van der Waals surface area contributed by atoms with E-state index in [4.69, 9.17) is 11.6 Å². The lowest BCUT2D eigenvalue weighted by Crippen LogP contribution is -2.69. The molecule has 4 saturated carbocycles. The molecule has 204 valence electrons. The lowest BCUT2D eigenvalue weighted by Gasteiger charge is -2.72. The summed E-state index contributed by atoms with van der Waals surface area (Å²) in [5.41, 5.74) is -1.15. The molecule has 0 aromatic rings. The van der Waals surface area contributed by atoms with Crippen LogP contribution in [0.3, 0.4) is 0 Å². The number of hydrogen-bond acceptors (Lipinski definition) is 4. The van der Waals surface area contributed by atoms with Crippen LogP contribution in [0.5, 0.6) is 0 Å². The number of aliphatic hydroxyl groups excluding tert-OH is 1. The predicted molar refractivity (Wildman–Crippen MR) is 146 cm³/mol. The number of allylic oxidation sites excluding steroid dienone is 2.